The summed E-state index contributed by atoms with van der Waals surface area (Å²) in [5, 5.41) is 4.57. The van der Waals surface area contributed by atoms with Crippen LogP contribution in [0.1, 0.15) is 5.56 Å². The summed E-state index contributed by atoms with van der Waals surface area (Å²) in [6.07, 6.45) is -0.0154. The number of rotatable bonds is 5. The van der Waals surface area contributed by atoms with Crippen LogP contribution in [0.4, 0.5) is 18.9 Å². The standard InChI is InChI=1S/C16H13F3N2O2/c17-11-3-1-10(2-4-11)7-15(22)20-9-16(23)21-14-6-5-12(18)8-13(14)19/h1-6,8H,7,9H2,(H,20,22)(H,21,23). The van der Waals surface area contributed by atoms with E-state index in [0.717, 1.165) is 12.1 Å². The number of hydrogen-bond donors (Lipinski definition) is 2. The molecule has 0 bridgehead atoms. The number of halogens is 3. The third-order valence-corrected chi connectivity index (χ3v) is 2.93. The zero-order valence-electron chi connectivity index (χ0n) is 11.9. The van der Waals surface area contributed by atoms with Crippen molar-refractivity contribution in [2.45, 2.75) is 6.42 Å². The van der Waals surface area contributed by atoms with Crippen LogP contribution in [0.25, 0.3) is 0 Å². The summed E-state index contributed by atoms with van der Waals surface area (Å²) in [4.78, 5) is 23.3. The van der Waals surface area contributed by atoms with Crippen molar-refractivity contribution in [1.29, 1.82) is 0 Å². The normalized spacial score (nSPS) is 10.2. The minimum absolute atomic E-state index is 0.0154. The van der Waals surface area contributed by atoms with Crippen molar-refractivity contribution in [3.8, 4) is 0 Å². The fraction of sp³-hybridized carbons (Fsp3) is 0.125. The van der Waals surface area contributed by atoms with Gasteiger partial charge >= 0.3 is 0 Å². The maximum Gasteiger partial charge on any atom is 0.243 e. The number of hydrogen-bond acceptors (Lipinski definition) is 2. The molecule has 0 saturated heterocycles. The molecule has 0 radical (unpaired) electrons. The first-order valence-corrected chi connectivity index (χ1v) is 6.70. The average molecular weight is 322 g/mol. The number of nitrogens with one attached hydrogen (secondary N) is 2. The summed E-state index contributed by atoms with van der Waals surface area (Å²) >= 11 is 0. The van der Waals surface area contributed by atoms with Gasteiger partial charge in [0.15, 0.2) is 0 Å². The Hall–Kier alpha value is -2.83. The Kier molecular flexibility index (Phi) is 5.35. The van der Waals surface area contributed by atoms with Gasteiger partial charge < -0.3 is 10.6 Å². The van der Waals surface area contributed by atoms with Crippen LogP contribution in [0, 0.1) is 17.5 Å². The molecule has 0 saturated carbocycles. The molecule has 0 heterocycles. The Morgan fingerprint density at radius 3 is 2.17 bits per heavy atom. The number of carbonyl (C=O) groups is 2. The SMILES string of the molecule is O=C(Cc1ccc(F)cc1)NCC(=O)Nc1ccc(F)cc1F. The van der Waals surface area contributed by atoms with E-state index in [0.29, 0.717) is 11.6 Å². The Morgan fingerprint density at radius 2 is 1.52 bits per heavy atom. The molecule has 0 unspecified atom stereocenters. The molecular formula is C16H13F3N2O2. The molecule has 4 nitrogen and oxygen atoms in total. The van der Waals surface area contributed by atoms with Gasteiger partial charge in [0.2, 0.25) is 11.8 Å². The van der Waals surface area contributed by atoms with Crippen LogP contribution in [0.3, 0.4) is 0 Å². The summed E-state index contributed by atoms with van der Waals surface area (Å²) in [7, 11) is 0. The molecule has 7 heteroatoms. The Balaban J connectivity index is 1.81. The van der Waals surface area contributed by atoms with Crippen LogP contribution in [-0.2, 0) is 16.0 Å². The molecule has 2 N–H and O–H groups in total. The first-order valence-electron chi connectivity index (χ1n) is 6.70. The van der Waals surface area contributed by atoms with E-state index >= 15 is 0 Å². The molecule has 0 aliphatic carbocycles. The second-order valence-corrected chi connectivity index (χ2v) is 4.75. The van der Waals surface area contributed by atoms with Gasteiger partial charge in [-0.1, -0.05) is 12.1 Å². The zero-order valence-corrected chi connectivity index (χ0v) is 11.9. The van der Waals surface area contributed by atoms with Crippen molar-refractivity contribution in [3.05, 3.63) is 65.5 Å². The molecule has 0 spiro atoms. The van der Waals surface area contributed by atoms with Crippen molar-refractivity contribution in [1.82, 2.24) is 5.32 Å². The largest absolute Gasteiger partial charge is 0.347 e. The van der Waals surface area contributed by atoms with E-state index in [1.165, 1.54) is 24.3 Å². The second-order valence-electron chi connectivity index (χ2n) is 4.75. The van der Waals surface area contributed by atoms with Crippen molar-refractivity contribution in [2.75, 3.05) is 11.9 Å². The van der Waals surface area contributed by atoms with Crippen LogP contribution in [0.5, 0.6) is 0 Å². The maximum atomic E-state index is 13.4. The van der Waals surface area contributed by atoms with Crippen LogP contribution in [0.15, 0.2) is 42.5 Å². The molecule has 0 atom stereocenters. The number of amides is 2. The van der Waals surface area contributed by atoms with Crippen LogP contribution in [-0.4, -0.2) is 18.4 Å². The Morgan fingerprint density at radius 1 is 0.870 bits per heavy atom. The van der Waals surface area contributed by atoms with E-state index in [1.54, 1.807) is 0 Å². The van der Waals surface area contributed by atoms with Crippen molar-refractivity contribution < 1.29 is 22.8 Å². The first kappa shape index (κ1) is 16.5. The number of anilines is 1. The lowest BCUT2D eigenvalue weighted by molar-refractivity contribution is -0.123. The predicted octanol–water partition coefficient (Wildman–Crippen LogP) is 2.40. The fourth-order valence-electron chi connectivity index (χ4n) is 1.81. The highest BCUT2D eigenvalue weighted by Gasteiger charge is 2.10. The Labute approximate surface area is 130 Å². The Bertz CT molecular complexity index is 718. The van der Waals surface area contributed by atoms with E-state index in [-0.39, 0.29) is 18.7 Å². The number of benzene rings is 2. The summed E-state index contributed by atoms with van der Waals surface area (Å²) in [6, 6.07) is 8.11. The second kappa shape index (κ2) is 7.44. The topological polar surface area (TPSA) is 58.2 Å². The van der Waals surface area contributed by atoms with E-state index < -0.39 is 29.3 Å². The molecule has 2 amide bonds. The summed E-state index contributed by atoms with van der Waals surface area (Å²) < 4.78 is 38.8. The predicted molar refractivity (Wildman–Crippen MR) is 78.1 cm³/mol. The third-order valence-electron chi connectivity index (χ3n) is 2.93. The smallest absolute Gasteiger partial charge is 0.243 e. The molecule has 0 aromatic heterocycles. The molecule has 0 aliphatic rings. The number of carbonyl (C=O) groups excluding carboxylic acids is 2. The van der Waals surface area contributed by atoms with Gasteiger partial charge in [-0.15, -0.1) is 0 Å². The van der Waals surface area contributed by atoms with E-state index in [9.17, 15) is 22.8 Å². The minimum Gasteiger partial charge on any atom is -0.347 e. The van der Waals surface area contributed by atoms with Gasteiger partial charge in [0.05, 0.1) is 18.7 Å². The monoisotopic (exact) mass is 322 g/mol. The highest BCUT2D eigenvalue weighted by Crippen LogP contribution is 2.14. The highest BCUT2D eigenvalue weighted by molar-refractivity contribution is 5.94. The lowest BCUT2D eigenvalue weighted by Crippen LogP contribution is -2.33. The molecule has 23 heavy (non-hydrogen) atoms. The van der Waals surface area contributed by atoms with Crippen molar-refractivity contribution in [2.24, 2.45) is 0 Å². The van der Waals surface area contributed by atoms with Crippen molar-refractivity contribution in [3.63, 3.8) is 0 Å². The molecule has 0 aliphatic heterocycles. The quantitative estimate of drug-likeness (QED) is 0.888. The van der Waals surface area contributed by atoms with E-state index in [2.05, 4.69) is 10.6 Å². The van der Waals surface area contributed by atoms with Gasteiger partial charge in [-0.25, -0.2) is 13.2 Å². The lowest BCUT2D eigenvalue weighted by atomic mass is 10.1. The van der Waals surface area contributed by atoms with Crippen LogP contribution in [0.2, 0.25) is 0 Å². The minimum atomic E-state index is -0.906. The fourth-order valence-corrected chi connectivity index (χ4v) is 1.81. The van der Waals surface area contributed by atoms with Gasteiger partial charge in [-0.2, -0.15) is 0 Å². The summed E-state index contributed by atoms with van der Waals surface area (Å²) in [5.74, 6) is -3.16. The van der Waals surface area contributed by atoms with Crippen LogP contribution < -0.4 is 10.6 Å². The molecular weight excluding hydrogens is 309 g/mol. The molecule has 2 aromatic carbocycles. The van der Waals surface area contributed by atoms with E-state index in [4.69, 9.17) is 0 Å². The zero-order chi connectivity index (χ0) is 16.8. The van der Waals surface area contributed by atoms with Crippen LogP contribution >= 0.6 is 0 Å². The summed E-state index contributed by atoms with van der Waals surface area (Å²) in [5.41, 5.74) is 0.415. The molecule has 2 rings (SSSR count). The summed E-state index contributed by atoms with van der Waals surface area (Å²) in [6.45, 7) is -0.364. The van der Waals surface area contributed by atoms with Gasteiger partial charge in [0, 0.05) is 6.07 Å². The molecule has 2 aromatic rings. The van der Waals surface area contributed by atoms with Gasteiger partial charge in [-0.05, 0) is 29.8 Å². The van der Waals surface area contributed by atoms with Gasteiger partial charge in [0.25, 0.3) is 0 Å². The van der Waals surface area contributed by atoms with Crippen molar-refractivity contribution >= 4 is 17.5 Å². The lowest BCUT2D eigenvalue weighted by Gasteiger charge is -2.08. The molecule has 120 valence electrons. The average Bonchev–Trinajstić information content (AvgIpc) is 2.50. The highest BCUT2D eigenvalue weighted by atomic mass is 19.1. The maximum absolute atomic E-state index is 13.4. The first-order chi connectivity index (χ1) is 10.9. The molecule has 0 fully saturated rings. The van der Waals surface area contributed by atoms with E-state index in [1.807, 2.05) is 0 Å². The van der Waals surface area contributed by atoms with Gasteiger partial charge in [-0.3, -0.25) is 9.59 Å². The van der Waals surface area contributed by atoms with Gasteiger partial charge in [0.1, 0.15) is 17.5 Å². The third kappa shape index (κ3) is 5.14.